The molecule has 2 aromatic rings. The van der Waals surface area contributed by atoms with Gasteiger partial charge in [0.15, 0.2) is 0 Å². The quantitative estimate of drug-likeness (QED) is 0.782. The van der Waals surface area contributed by atoms with Crippen molar-refractivity contribution in [3.05, 3.63) is 36.7 Å². The Hall–Kier alpha value is -1.97. The lowest BCUT2D eigenvalue weighted by atomic mass is 10.2. The molecule has 1 N–H and O–H groups in total. The normalized spacial score (nSPS) is 10.1. The van der Waals surface area contributed by atoms with E-state index in [2.05, 4.69) is 5.10 Å². The van der Waals surface area contributed by atoms with Gasteiger partial charge in [-0.1, -0.05) is 6.07 Å². The molecule has 0 saturated carbocycles. The first-order valence-electron chi connectivity index (χ1n) is 4.19. The summed E-state index contributed by atoms with van der Waals surface area (Å²) in [7, 11) is 1.56. The summed E-state index contributed by atoms with van der Waals surface area (Å²) in [5, 5.41) is 13.7. The number of phenolic OH excluding ortho intramolecular Hbond substituents is 1. The van der Waals surface area contributed by atoms with Crippen molar-refractivity contribution in [1.29, 1.82) is 0 Å². The Morgan fingerprint density at radius 2 is 2.21 bits per heavy atom. The Bertz CT molecular complexity index is 424. The Morgan fingerprint density at radius 1 is 1.36 bits per heavy atom. The van der Waals surface area contributed by atoms with E-state index in [1.165, 1.54) is 0 Å². The maximum Gasteiger partial charge on any atom is 0.148 e. The van der Waals surface area contributed by atoms with Gasteiger partial charge in [-0.05, 0) is 18.2 Å². The monoisotopic (exact) mass is 190 g/mol. The maximum absolute atomic E-state index is 9.65. The number of aromatic hydroxyl groups is 1. The van der Waals surface area contributed by atoms with E-state index in [1.54, 1.807) is 48.5 Å². The van der Waals surface area contributed by atoms with Crippen LogP contribution in [-0.2, 0) is 0 Å². The van der Waals surface area contributed by atoms with Crippen LogP contribution in [-0.4, -0.2) is 22.0 Å². The van der Waals surface area contributed by atoms with E-state index in [0.29, 0.717) is 11.4 Å². The molecule has 0 radical (unpaired) electrons. The molecular weight excluding hydrogens is 180 g/mol. The zero-order chi connectivity index (χ0) is 9.97. The molecule has 2 rings (SSSR count). The van der Waals surface area contributed by atoms with E-state index in [-0.39, 0.29) is 5.75 Å². The average molecular weight is 190 g/mol. The van der Waals surface area contributed by atoms with Gasteiger partial charge in [0.25, 0.3) is 0 Å². The van der Waals surface area contributed by atoms with E-state index in [4.69, 9.17) is 4.74 Å². The zero-order valence-corrected chi connectivity index (χ0v) is 7.71. The molecule has 4 nitrogen and oxygen atoms in total. The first kappa shape index (κ1) is 8.62. The van der Waals surface area contributed by atoms with E-state index >= 15 is 0 Å². The van der Waals surface area contributed by atoms with Crippen LogP contribution >= 0.6 is 0 Å². The average Bonchev–Trinajstić information content (AvgIpc) is 2.70. The summed E-state index contributed by atoms with van der Waals surface area (Å²) in [6, 6.07) is 6.88. The van der Waals surface area contributed by atoms with Gasteiger partial charge < -0.3 is 9.84 Å². The lowest BCUT2D eigenvalue weighted by Gasteiger charge is -2.09. The van der Waals surface area contributed by atoms with Gasteiger partial charge in [0.2, 0.25) is 0 Å². The lowest BCUT2D eigenvalue weighted by molar-refractivity contribution is 0.403. The molecule has 0 aliphatic rings. The van der Waals surface area contributed by atoms with E-state index in [9.17, 15) is 5.11 Å². The van der Waals surface area contributed by atoms with E-state index < -0.39 is 0 Å². The highest BCUT2D eigenvalue weighted by atomic mass is 16.5. The zero-order valence-electron chi connectivity index (χ0n) is 7.71. The van der Waals surface area contributed by atoms with Crippen molar-refractivity contribution < 1.29 is 9.84 Å². The minimum Gasteiger partial charge on any atom is -0.506 e. The Labute approximate surface area is 81.4 Å². The van der Waals surface area contributed by atoms with Crippen LogP contribution in [0.3, 0.4) is 0 Å². The number of phenols is 1. The second kappa shape index (κ2) is 3.41. The third kappa shape index (κ3) is 1.31. The van der Waals surface area contributed by atoms with E-state index in [1.807, 2.05) is 0 Å². The number of methoxy groups -OCH3 is 1. The van der Waals surface area contributed by atoms with Crippen LogP contribution in [0.2, 0.25) is 0 Å². The molecule has 1 aromatic heterocycles. The summed E-state index contributed by atoms with van der Waals surface area (Å²) in [6.45, 7) is 0. The number of para-hydroxylation sites is 1. The van der Waals surface area contributed by atoms with Crippen molar-refractivity contribution in [2.24, 2.45) is 0 Å². The van der Waals surface area contributed by atoms with Crippen LogP contribution in [0.4, 0.5) is 0 Å². The molecule has 0 aliphatic carbocycles. The van der Waals surface area contributed by atoms with Gasteiger partial charge in [-0.3, -0.25) is 0 Å². The fourth-order valence-electron chi connectivity index (χ4n) is 1.31. The van der Waals surface area contributed by atoms with Crippen LogP contribution in [0.1, 0.15) is 0 Å². The summed E-state index contributed by atoms with van der Waals surface area (Å²) in [6.07, 6.45) is 3.39. The molecule has 0 saturated heterocycles. The van der Waals surface area contributed by atoms with Crippen molar-refractivity contribution in [2.45, 2.75) is 0 Å². The van der Waals surface area contributed by atoms with Crippen LogP contribution in [0.25, 0.3) is 5.69 Å². The molecule has 72 valence electrons. The Balaban J connectivity index is 2.61. The molecule has 0 bridgehead atoms. The number of nitrogens with zero attached hydrogens (tertiary/aromatic N) is 2. The summed E-state index contributed by atoms with van der Waals surface area (Å²) in [5.74, 6) is 0.738. The standard InChI is InChI=1S/C10H10N2O2/c1-14-9-5-2-4-8(13)10(9)12-7-3-6-11-12/h2-7,13H,1H3. The van der Waals surface area contributed by atoms with Gasteiger partial charge in [-0.15, -0.1) is 0 Å². The van der Waals surface area contributed by atoms with Crippen LogP contribution < -0.4 is 4.74 Å². The topological polar surface area (TPSA) is 47.3 Å². The summed E-state index contributed by atoms with van der Waals surface area (Å²) in [5.41, 5.74) is 0.556. The molecule has 1 heterocycles. The van der Waals surface area contributed by atoms with Gasteiger partial charge >= 0.3 is 0 Å². The molecule has 1 aromatic carbocycles. The highest BCUT2D eigenvalue weighted by molar-refractivity contribution is 5.55. The number of rotatable bonds is 2. The predicted octanol–water partition coefficient (Wildman–Crippen LogP) is 1.59. The van der Waals surface area contributed by atoms with Crippen molar-refractivity contribution in [1.82, 2.24) is 9.78 Å². The molecule has 0 amide bonds. The molecular formula is C10H10N2O2. The highest BCUT2D eigenvalue weighted by Gasteiger charge is 2.09. The van der Waals surface area contributed by atoms with Crippen LogP contribution in [0, 0.1) is 0 Å². The number of ether oxygens (including phenoxy) is 1. The van der Waals surface area contributed by atoms with Crippen LogP contribution in [0.15, 0.2) is 36.7 Å². The fourth-order valence-corrected chi connectivity index (χ4v) is 1.31. The van der Waals surface area contributed by atoms with Gasteiger partial charge in [-0.25, -0.2) is 4.68 Å². The SMILES string of the molecule is COc1cccc(O)c1-n1cccn1. The Morgan fingerprint density at radius 3 is 2.86 bits per heavy atom. The molecule has 0 spiro atoms. The van der Waals surface area contributed by atoms with Gasteiger partial charge in [0.1, 0.15) is 17.2 Å². The number of benzene rings is 1. The molecule has 14 heavy (non-hydrogen) atoms. The summed E-state index contributed by atoms with van der Waals surface area (Å²) in [4.78, 5) is 0. The number of hydrogen-bond donors (Lipinski definition) is 1. The maximum atomic E-state index is 9.65. The molecule has 0 aliphatic heterocycles. The first-order chi connectivity index (χ1) is 6.83. The van der Waals surface area contributed by atoms with Crippen molar-refractivity contribution in [3.63, 3.8) is 0 Å². The second-order valence-corrected chi connectivity index (χ2v) is 2.78. The number of aromatic nitrogens is 2. The molecule has 0 fully saturated rings. The van der Waals surface area contributed by atoms with Gasteiger partial charge in [-0.2, -0.15) is 5.10 Å². The smallest absolute Gasteiger partial charge is 0.148 e. The minimum atomic E-state index is 0.146. The third-order valence-corrected chi connectivity index (χ3v) is 1.93. The van der Waals surface area contributed by atoms with Crippen molar-refractivity contribution >= 4 is 0 Å². The van der Waals surface area contributed by atoms with Gasteiger partial charge in [0.05, 0.1) is 7.11 Å². The third-order valence-electron chi connectivity index (χ3n) is 1.93. The lowest BCUT2D eigenvalue weighted by Crippen LogP contribution is -1.98. The minimum absolute atomic E-state index is 0.146. The van der Waals surface area contributed by atoms with E-state index in [0.717, 1.165) is 0 Å². The fraction of sp³-hybridized carbons (Fsp3) is 0.100. The second-order valence-electron chi connectivity index (χ2n) is 2.78. The van der Waals surface area contributed by atoms with Gasteiger partial charge in [0, 0.05) is 12.4 Å². The summed E-state index contributed by atoms with van der Waals surface area (Å²) < 4.78 is 6.69. The first-order valence-corrected chi connectivity index (χ1v) is 4.19. The molecule has 4 heteroatoms. The summed E-state index contributed by atoms with van der Waals surface area (Å²) >= 11 is 0. The molecule has 0 unspecified atom stereocenters. The molecule has 0 atom stereocenters. The number of hydrogen-bond acceptors (Lipinski definition) is 3. The van der Waals surface area contributed by atoms with Crippen molar-refractivity contribution in [3.8, 4) is 17.2 Å². The highest BCUT2D eigenvalue weighted by Crippen LogP contribution is 2.30. The Kier molecular flexibility index (Phi) is 2.10. The largest absolute Gasteiger partial charge is 0.506 e. The predicted molar refractivity (Wildman–Crippen MR) is 51.8 cm³/mol. The van der Waals surface area contributed by atoms with Crippen LogP contribution in [0.5, 0.6) is 11.5 Å². The van der Waals surface area contributed by atoms with Crippen molar-refractivity contribution in [2.75, 3.05) is 7.11 Å².